The van der Waals surface area contributed by atoms with Crippen LogP contribution >= 0.6 is 0 Å². The standard InChI is InChI=1S/C21H39NO4/c1-19(2,3)17(21(7,8)20(4,5)6)26-18(25)22-13-14-9-11-15(12-10-14)16(23)24/h14-15,17H,9-13H2,1-8H3,(H,22,25)(H,23,24). The van der Waals surface area contributed by atoms with E-state index in [0.717, 1.165) is 12.8 Å². The summed E-state index contributed by atoms with van der Waals surface area (Å²) < 4.78 is 5.91. The van der Waals surface area contributed by atoms with Gasteiger partial charge in [0, 0.05) is 12.0 Å². The second kappa shape index (κ2) is 8.18. The molecule has 0 spiro atoms. The fraction of sp³-hybridized carbons (Fsp3) is 0.905. The number of carbonyl (C=O) groups excluding carboxylic acids is 1. The van der Waals surface area contributed by atoms with Crippen LogP contribution in [0.15, 0.2) is 0 Å². The lowest BCUT2D eigenvalue weighted by atomic mass is 9.60. The number of aliphatic carboxylic acids is 1. The number of ether oxygens (including phenoxy) is 1. The third-order valence-electron chi connectivity index (χ3n) is 6.33. The second-order valence-electron chi connectivity index (χ2n) is 10.6. The van der Waals surface area contributed by atoms with E-state index in [1.54, 1.807) is 0 Å². The van der Waals surface area contributed by atoms with Gasteiger partial charge in [-0.3, -0.25) is 4.79 Å². The number of carbonyl (C=O) groups is 2. The monoisotopic (exact) mass is 369 g/mol. The molecule has 1 rings (SSSR count). The van der Waals surface area contributed by atoms with E-state index in [1.807, 2.05) is 0 Å². The van der Waals surface area contributed by atoms with Crippen LogP contribution in [0.3, 0.4) is 0 Å². The first kappa shape index (κ1) is 22.8. The minimum absolute atomic E-state index is 0.0135. The van der Waals surface area contributed by atoms with Gasteiger partial charge in [0.25, 0.3) is 0 Å². The molecule has 0 aromatic heterocycles. The average molecular weight is 370 g/mol. The molecule has 1 aliphatic carbocycles. The summed E-state index contributed by atoms with van der Waals surface area (Å²) in [6, 6.07) is 0. The van der Waals surface area contributed by atoms with E-state index in [-0.39, 0.29) is 34.4 Å². The molecule has 1 atom stereocenters. The Morgan fingerprint density at radius 3 is 1.88 bits per heavy atom. The quantitative estimate of drug-likeness (QED) is 0.707. The van der Waals surface area contributed by atoms with Crippen molar-refractivity contribution in [1.29, 1.82) is 0 Å². The summed E-state index contributed by atoms with van der Waals surface area (Å²) in [7, 11) is 0. The number of amides is 1. The van der Waals surface area contributed by atoms with Gasteiger partial charge in [0.05, 0.1) is 5.92 Å². The number of alkyl carbamates (subject to hydrolysis) is 1. The molecule has 1 unspecified atom stereocenters. The molecule has 0 saturated heterocycles. The van der Waals surface area contributed by atoms with Crippen LogP contribution in [-0.4, -0.2) is 29.8 Å². The predicted octanol–water partition coefficient (Wildman–Crippen LogP) is 5.09. The van der Waals surface area contributed by atoms with Crippen LogP contribution in [0.1, 0.15) is 81.1 Å². The number of rotatable bonds is 5. The molecule has 2 N–H and O–H groups in total. The number of nitrogens with one attached hydrogen (secondary N) is 1. The number of carboxylic acid groups (broad SMARTS) is 1. The van der Waals surface area contributed by atoms with Crippen LogP contribution in [0.2, 0.25) is 0 Å². The Labute approximate surface area is 159 Å². The molecule has 5 nitrogen and oxygen atoms in total. The first-order chi connectivity index (χ1) is 11.7. The van der Waals surface area contributed by atoms with Crippen LogP contribution in [0, 0.1) is 28.1 Å². The molecule has 1 aliphatic rings. The fourth-order valence-corrected chi connectivity index (χ4v) is 3.79. The highest BCUT2D eigenvalue weighted by atomic mass is 16.6. The zero-order valence-corrected chi connectivity index (χ0v) is 17.9. The maximum absolute atomic E-state index is 12.5. The van der Waals surface area contributed by atoms with Gasteiger partial charge in [-0.1, -0.05) is 55.4 Å². The van der Waals surface area contributed by atoms with Crippen molar-refractivity contribution < 1.29 is 19.4 Å². The van der Waals surface area contributed by atoms with Crippen LogP contribution in [-0.2, 0) is 9.53 Å². The highest BCUT2D eigenvalue weighted by molar-refractivity contribution is 5.70. The van der Waals surface area contributed by atoms with Crippen molar-refractivity contribution in [1.82, 2.24) is 5.32 Å². The summed E-state index contributed by atoms with van der Waals surface area (Å²) in [6.07, 6.45) is 2.47. The maximum Gasteiger partial charge on any atom is 0.407 e. The summed E-state index contributed by atoms with van der Waals surface area (Å²) in [4.78, 5) is 23.5. The molecule has 0 heterocycles. The molecule has 1 saturated carbocycles. The summed E-state index contributed by atoms with van der Waals surface area (Å²) in [5.74, 6) is -0.592. The summed E-state index contributed by atoms with van der Waals surface area (Å²) in [5.41, 5.74) is -0.379. The Morgan fingerprint density at radius 1 is 1.00 bits per heavy atom. The third-order valence-corrected chi connectivity index (χ3v) is 6.33. The van der Waals surface area contributed by atoms with Gasteiger partial charge in [-0.15, -0.1) is 0 Å². The van der Waals surface area contributed by atoms with Crippen molar-refractivity contribution in [3.8, 4) is 0 Å². The molecule has 0 aromatic rings. The highest BCUT2D eigenvalue weighted by Crippen LogP contribution is 2.47. The Bertz CT molecular complexity index is 491. The largest absolute Gasteiger partial charge is 0.481 e. The number of hydrogen-bond acceptors (Lipinski definition) is 3. The molecule has 1 amide bonds. The van der Waals surface area contributed by atoms with Crippen molar-refractivity contribution in [2.75, 3.05) is 6.54 Å². The Balaban J connectivity index is 2.62. The summed E-state index contributed by atoms with van der Waals surface area (Å²) >= 11 is 0. The van der Waals surface area contributed by atoms with Gasteiger partial charge in [-0.05, 0) is 42.4 Å². The first-order valence-corrected chi connectivity index (χ1v) is 9.83. The van der Waals surface area contributed by atoms with Gasteiger partial charge in [0.2, 0.25) is 0 Å². The van der Waals surface area contributed by atoms with E-state index in [0.29, 0.717) is 25.3 Å². The van der Waals surface area contributed by atoms with E-state index < -0.39 is 5.97 Å². The van der Waals surface area contributed by atoms with Crippen molar-refractivity contribution in [2.45, 2.75) is 87.2 Å². The van der Waals surface area contributed by atoms with Crippen molar-refractivity contribution >= 4 is 12.1 Å². The highest BCUT2D eigenvalue weighted by Gasteiger charge is 2.47. The Morgan fingerprint density at radius 2 is 1.50 bits per heavy atom. The third kappa shape index (κ3) is 5.88. The summed E-state index contributed by atoms with van der Waals surface area (Å²) in [6.45, 7) is 17.7. The van der Waals surface area contributed by atoms with Crippen molar-refractivity contribution in [2.24, 2.45) is 28.1 Å². The average Bonchev–Trinajstić information content (AvgIpc) is 2.48. The number of hydrogen-bond donors (Lipinski definition) is 2. The normalized spacial score (nSPS) is 23.2. The predicted molar refractivity (Wildman–Crippen MR) is 104 cm³/mol. The zero-order chi connectivity index (χ0) is 20.3. The van der Waals surface area contributed by atoms with Gasteiger partial charge in [0.1, 0.15) is 6.10 Å². The lowest BCUT2D eigenvalue weighted by Gasteiger charge is -2.49. The van der Waals surface area contributed by atoms with Crippen LogP contribution in [0.4, 0.5) is 4.79 Å². The molecule has 5 heteroatoms. The van der Waals surface area contributed by atoms with Gasteiger partial charge in [0.15, 0.2) is 0 Å². The minimum Gasteiger partial charge on any atom is -0.481 e. The molecular formula is C21H39NO4. The molecule has 26 heavy (non-hydrogen) atoms. The van der Waals surface area contributed by atoms with E-state index >= 15 is 0 Å². The topological polar surface area (TPSA) is 75.6 Å². The fourth-order valence-electron chi connectivity index (χ4n) is 3.79. The SMILES string of the molecule is CC(C)(C)C(OC(=O)NCC1CCC(C(=O)O)CC1)C(C)(C)C(C)(C)C. The minimum atomic E-state index is -0.701. The van der Waals surface area contributed by atoms with Crippen LogP contribution < -0.4 is 5.32 Å². The van der Waals surface area contributed by atoms with Crippen molar-refractivity contribution in [3.05, 3.63) is 0 Å². The molecular weight excluding hydrogens is 330 g/mol. The molecule has 152 valence electrons. The Hall–Kier alpha value is -1.26. The molecule has 1 fully saturated rings. The second-order valence-corrected chi connectivity index (χ2v) is 10.6. The molecule has 0 bridgehead atoms. The molecule has 0 aromatic carbocycles. The van der Waals surface area contributed by atoms with Gasteiger partial charge >= 0.3 is 12.1 Å². The van der Waals surface area contributed by atoms with Crippen molar-refractivity contribution in [3.63, 3.8) is 0 Å². The van der Waals surface area contributed by atoms with Gasteiger partial charge in [-0.25, -0.2) is 4.79 Å². The smallest absolute Gasteiger partial charge is 0.407 e. The summed E-state index contributed by atoms with van der Waals surface area (Å²) in [5, 5.41) is 12.0. The van der Waals surface area contributed by atoms with Crippen LogP contribution in [0.25, 0.3) is 0 Å². The van der Waals surface area contributed by atoms with E-state index in [1.165, 1.54) is 0 Å². The van der Waals surface area contributed by atoms with Crippen LogP contribution in [0.5, 0.6) is 0 Å². The van der Waals surface area contributed by atoms with E-state index in [4.69, 9.17) is 9.84 Å². The number of carboxylic acids is 1. The lowest BCUT2D eigenvalue weighted by Crippen LogP contribution is -2.51. The molecule has 0 radical (unpaired) electrons. The first-order valence-electron chi connectivity index (χ1n) is 9.83. The zero-order valence-electron chi connectivity index (χ0n) is 17.9. The maximum atomic E-state index is 12.5. The lowest BCUT2D eigenvalue weighted by molar-refractivity contribution is -0.143. The van der Waals surface area contributed by atoms with E-state index in [9.17, 15) is 9.59 Å². The van der Waals surface area contributed by atoms with Gasteiger partial charge in [-0.2, -0.15) is 0 Å². The Kier molecular flexibility index (Phi) is 7.17. The molecule has 0 aliphatic heterocycles. The van der Waals surface area contributed by atoms with Gasteiger partial charge < -0.3 is 15.2 Å². The van der Waals surface area contributed by atoms with E-state index in [2.05, 4.69) is 60.7 Å².